The normalized spacial score (nSPS) is 12.1. The number of rotatable bonds is 5. The molecule has 0 aliphatic carbocycles. The highest BCUT2D eigenvalue weighted by Crippen LogP contribution is 2.50. The summed E-state index contributed by atoms with van der Waals surface area (Å²) in [5, 5.41) is 19.1. The predicted molar refractivity (Wildman–Crippen MR) is 285 cm³/mol. The van der Waals surface area contributed by atoms with Gasteiger partial charge < -0.3 is 18.3 Å². The molecule has 14 rings (SSSR count). The van der Waals surface area contributed by atoms with E-state index in [-0.39, 0.29) is 22.4 Å². The van der Waals surface area contributed by atoms with Gasteiger partial charge in [-0.25, -0.2) is 4.85 Å². The first kappa shape index (κ1) is 41.2. The summed E-state index contributed by atoms with van der Waals surface area (Å²) >= 11 is 0. The van der Waals surface area contributed by atoms with Gasteiger partial charge in [0.1, 0.15) is 0 Å². The number of aromatic nitrogens is 4. The van der Waals surface area contributed by atoms with Crippen LogP contribution in [0.25, 0.3) is 126 Å². The van der Waals surface area contributed by atoms with Crippen LogP contribution in [0.1, 0.15) is 11.1 Å². The predicted octanol–water partition coefficient (Wildman–Crippen LogP) is 17.2. The molecule has 4 heterocycles. The minimum absolute atomic E-state index is 0.00610. The third-order valence-electron chi connectivity index (χ3n) is 14.4. The maximum absolute atomic E-state index is 15.4. The summed E-state index contributed by atoms with van der Waals surface area (Å²) in [4.78, 5) is 3.66. The Balaban J connectivity index is 1.23. The van der Waals surface area contributed by atoms with Crippen LogP contribution in [0.2, 0.25) is 0 Å². The molecule has 14 aromatic rings. The Morgan fingerprint density at radius 1 is 0.417 bits per heavy atom. The number of fused-ring (bicyclic) bond motifs is 14. The fourth-order valence-electron chi connectivity index (χ4n) is 11.6. The van der Waals surface area contributed by atoms with Crippen molar-refractivity contribution >= 4 is 92.9 Å². The van der Waals surface area contributed by atoms with E-state index in [1.54, 1.807) is 12.1 Å². The van der Waals surface area contributed by atoms with Crippen LogP contribution >= 0.6 is 0 Å². The maximum atomic E-state index is 15.4. The molecule has 0 saturated carbocycles. The molecule has 0 fully saturated rings. The molecule has 0 atom stereocenters. The summed E-state index contributed by atoms with van der Waals surface area (Å²) in [6.45, 7) is 8.22. The van der Waals surface area contributed by atoms with Crippen molar-refractivity contribution in [3.63, 3.8) is 0 Å². The molecule has 0 N–H and O–H groups in total. The molecular weight excluding hydrogens is 898 g/mol. The molecule has 0 spiro atoms. The Labute approximate surface area is 408 Å². The van der Waals surface area contributed by atoms with Gasteiger partial charge in [0.25, 0.3) is 0 Å². The number of nitriles is 1. The molecule has 9 heteroatoms. The van der Waals surface area contributed by atoms with E-state index in [1.165, 1.54) is 12.1 Å². The Bertz CT molecular complexity index is 4690. The molecule has 0 saturated heterocycles. The molecule has 6 nitrogen and oxygen atoms in total. The highest BCUT2D eigenvalue weighted by Gasteiger charge is 2.36. The van der Waals surface area contributed by atoms with Gasteiger partial charge in [-0.05, 0) is 78.4 Å². The molecule has 0 amide bonds. The number of para-hydroxylation sites is 6. The van der Waals surface area contributed by atoms with E-state index < -0.39 is 11.7 Å². The van der Waals surface area contributed by atoms with Crippen molar-refractivity contribution in [2.24, 2.45) is 0 Å². The highest BCUT2D eigenvalue weighted by molar-refractivity contribution is 6.28. The first-order valence-electron chi connectivity index (χ1n) is 23.5. The van der Waals surface area contributed by atoms with Crippen LogP contribution in [0.3, 0.4) is 0 Å². The van der Waals surface area contributed by atoms with E-state index in [1.807, 2.05) is 91.0 Å². The minimum atomic E-state index is -4.84. The van der Waals surface area contributed by atoms with Crippen molar-refractivity contribution < 1.29 is 13.2 Å². The van der Waals surface area contributed by atoms with Crippen molar-refractivity contribution in [2.75, 3.05) is 0 Å². The zero-order valence-corrected chi connectivity index (χ0v) is 38.0. The Morgan fingerprint density at radius 2 is 0.847 bits per heavy atom. The van der Waals surface area contributed by atoms with Gasteiger partial charge in [0, 0.05) is 60.0 Å². The van der Waals surface area contributed by atoms with Gasteiger partial charge in [0.2, 0.25) is 0 Å². The van der Waals surface area contributed by atoms with Gasteiger partial charge in [-0.3, -0.25) is 0 Å². The standard InChI is InChI=1S/C63H35F3N6/c1-68-49-26-16-25-48(63(64,65)66)58(49)47-36-57(72-51-28-13-9-22-42(51)44-32-34-55-60(62(44)72)46-24-11-15-30-53(46)70(55)40-19-6-3-7-20-40)56(35-38(47)37-67)71-50-27-12-8-21-41(50)43-31-33-54-59(61(43)71)45-23-10-14-29-52(45)69(54)39-17-4-2-5-18-39/h2-36H. The van der Waals surface area contributed by atoms with Gasteiger partial charge in [0.05, 0.1) is 79.3 Å². The number of alkyl halides is 3. The van der Waals surface area contributed by atoms with Crippen LogP contribution in [0, 0.1) is 17.9 Å². The van der Waals surface area contributed by atoms with Crippen LogP contribution in [0.5, 0.6) is 0 Å². The summed E-state index contributed by atoms with van der Waals surface area (Å²) in [6, 6.07) is 71.4. The fourth-order valence-corrected chi connectivity index (χ4v) is 11.6. The Morgan fingerprint density at radius 3 is 1.31 bits per heavy atom. The van der Waals surface area contributed by atoms with Crippen molar-refractivity contribution in [3.05, 3.63) is 235 Å². The maximum Gasteiger partial charge on any atom is 0.415 e. The summed E-state index contributed by atoms with van der Waals surface area (Å²) < 4.78 is 55.1. The van der Waals surface area contributed by atoms with Gasteiger partial charge in [0.15, 0.2) is 5.69 Å². The van der Waals surface area contributed by atoms with Crippen molar-refractivity contribution in [1.82, 2.24) is 18.3 Å². The first-order chi connectivity index (χ1) is 35.3. The van der Waals surface area contributed by atoms with Crippen LogP contribution in [0.15, 0.2) is 212 Å². The van der Waals surface area contributed by atoms with Gasteiger partial charge in [-0.2, -0.15) is 18.4 Å². The third-order valence-corrected chi connectivity index (χ3v) is 14.4. The molecule has 0 radical (unpaired) electrons. The van der Waals surface area contributed by atoms with Crippen LogP contribution in [-0.4, -0.2) is 18.3 Å². The third kappa shape index (κ3) is 5.70. The van der Waals surface area contributed by atoms with Crippen molar-refractivity contribution in [3.8, 4) is 39.9 Å². The number of nitrogens with zero attached hydrogens (tertiary/aromatic N) is 6. The van der Waals surface area contributed by atoms with E-state index in [0.29, 0.717) is 11.4 Å². The largest absolute Gasteiger partial charge is 0.415 e. The van der Waals surface area contributed by atoms with E-state index >= 15 is 13.2 Å². The van der Waals surface area contributed by atoms with Gasteiger partial charge in [-0.1, -0.05) is 140 Å². The van der Waals surface area contributed by atoms with Gasteiger partial charge in [-0.15, -0.1) is 0 Å². The molecule has 0 unspecified atom stereocenters. The molecule has 4 aromatic heterocycles. The molecule has 0 aliphatic heterocycles. The summed E-state index contributed by atoms with van der Waals surface area (Å²) in [7, 11) is 0. The average Bonchev–Trinajstić information content (AvgIpc) is 4.15. The van der Waals surface area contributed by atoms with E-state index in [4.69, 9.17) is 6.57 Å². The summed E-state index contributed by atoms with van der Waals surface area (Å²) in [6.07, 6.45) is -4.84. The molecule has 10 aromatic carbocycles. The second kappa shape index (κ2) is 15.3. The topological polar surface area (TPSA) is 47.9 Å². The summed E-state index contributed by atoms with van der Waals surface area (Å²) in [5.74, 6) is 0. The monoisotopic (exact) mass is 932 g/mol. The zero-order chi connectivity index (χ0) is 48.4. The SMILES string of the molecule is [C-]#[N+]c1cccc(C(F)(F)F)c1-c1cc(-n2c3ccccc3c3ccc4c(c5ccccc5n4-c4ccccc4)c32)c(-n2c3ccccc3c3ccc4c(c5ccccc5n4-c4ccccc4)c32)cc1C#N. The average molecular weight is 933 g/mol. The lowest BCUT2D eigenvalue weighted by atomic mass is 9.92. The lowest BCUT2D eigenvalue weighted by molar-refractivity contribution is -0.137. The number of benzene rings is 10. The molecule has 0 bridgehead atoms. The van der Waals surface area contributed by atoms with Crippen LogP contribution in [0.4, 0.5) is 18.9 Å². The lowest BCUT2D eigenvalue weighted by Crippen LogP contribution is -2.09. The molecule has 72 heavy (non-hydrogen) atoms. The molecule has 338 valence electrons. The number of hydrogen-bond donors (Lipinski definition) is 0. The second-order valence-electron chi connectivity index (χ2n) is 18.1. The Kier molecular flexibility index (Phi) is 8.77. The molecular formula is C63H35F3N6. The highest BCUT2D eigenvalue weighted by atomic mass is 19.4. The second-order valence-corrected chi connectivity index (χ2v) is 18.1. The quantitative estimate of drug-likeness (QED) is 0.159. The van der Waals surface area contributed by atoms with Gasteiger partial charge >= 0.3 is 6.18 Å². The zero-order valence-electron chi connectivity index (χ0n) is 38.0. The van der Waals surface area contributed by atoms with E-state index in [9.17, 15) is 5.26 Å². The van der Waals surface area contributed by atoms with E-state index in [0.717, 1.165) is 105 Å². The number of hydrogen-bond acceptors (Lipinski definition) is 1. The lowest BCUT2D eigenvalue weighted by Gasteiger charge is -2.22. The fraction of sp³-hybridized carbons (Fsp3) is 0.0159. The number of halogens is 3. The first-order valence-corrected chi connectivity index (χ1v) is 23.5. The summed E-state index contributed by atoms with van der Waals surface area (Å²) in [5.41, 5.74) is 8.82. The van der Waals surface area contributed by atoms with Crippen molar-refractivity contribution in [1.29, 1.82) is 5.26 Å². The minimum Gasteiger partial charge on any atom is -0.309 e. The van der Waals surface area contributed by atoms with Crippen LogP contribution < -0.4 is 0 Å². The molecule has 0 aliphatic rings. The smallest absolute Gasteiger partial charge is 0.309 e. The Hall–Kier alpha value is -9.83. The van der Waals surface area contributed by atoms with Crippen LogP contribution in [-0.2, 0) is 6.18 Å². The van der Waals surface area contributed by atoms with E-state index in [2.05, 4.69) is 120 Å². The van der Waals surface area contributed by atoms with Crippen molar-refractivity contribution in [2.45, 2.75) is 6.18 Å².